The molecule has 0 bridgehead atoms. The normalized spacial score (nSPS) is 10.3. The minimum absolute atomic E-state index is 0.334. The summed E-state index contributed by atoms with van der Waals surface area (Å²) in [5.41, 5.74) is 1.52. The number of nitrogens with zero attached hydrogens (tertiary/aromatic N) is 5. The van der Waals surface area contributed by atoms with E-state index in [0.29, 0.717) is 22.3 Å². The second kappa shape index (κ2) is 6.41. The summed E-state index contributed by atoms with van der Waals surface area (Å²) in [4.78, 5) is 23.9. The Balaban J connectivity index is 1.70. The number of hydrogen-bond acceptors (Lipinski definition) is 5. The number of carbonyl (C=O) groups is 1. The van der Waals surface area contributed by atoms with Gasteiger partial charge in [-0.15, -0.1) is 0 Å². The van der Waals surface area contributed by atoms with Crippen LogP contribution in [0.1, 0.15) is 5.56 Å². The smallest absolute Gasteiger partial charge is 0.308 e. The molecule has 0 saturated carbocycles. The number of urea groups is 1. The van der Waals surface area contributed by atoms with Crippen LogP contribution in [0.2, 0.25) is 5.02 Å². The van der Waals surface area contributed by atoms with Gasteiger partial charge in [0.25, 0.3) is 0 Å². The third kappa shape index (κ3) is 3.61. The van der Waals surface area contributed by atoms with Gasteiger partial charge in [-0.3, -0.25) is 5.32 Å². The molecule has 0 unspecified atom stereocenters. The molecule has 0 fully saturated rings. The first-order valence-electron chi connectivity index (χ1n) is 6.63. The van der Waals surface area contributed by atoms with Crippen LogP contribution in [0.25, 0.3) is 5.82 Å². The fourth-order valence-corrected chi connectivity index (χ4v) is 2.00. The molecule has 0 saturated heterocycles. The van der Waals surface area contributed by atoms with E-state index in [4.69, 9.17) is 11.6 Å². The summed E-state index contributed by atoms with van der Waals surface area (Å²) in [5, 5.41) is 9.85. The lowest BCUT2D eigenvalue weighted by molar-refractivity contribution is 0.262. The van der Waals surface area contributed by atoms with Crippen LogP contribution in [0.15, 0.2) is 43.2 Å². The molecule has 2 aromatic heterocycles. The molecule has 2 N–H and O–H groups in total. The van der Waals surface area contributed by atoms with Crippen molar-refractivity contribution < 1.29 is 4.79 Å². The van der Waals surface area contributed by atoms with Crippen molar-refractivity contribution in [2.45, 2.75) is 6.92 Å². The van der Waals surface area contributed by atoms with Crippen LogP contribution < -0.4 is 10.6 Å². The molecule has 0 atom stereocenters. The first-order valence-corrected chi connectivity index (χ1v) is 7.01. The van der Waals surface area contributed by atoms with Gasteiger partial charge < -0.3 is 5.32 Å². The summed E-state index contributed by atoms with van der Waals surface area (Å²) in [7, 11) is 0. The summed E-state index contributed by atoms with van der Waals surface area (Å²) >= 11 is 6.03. The Morgan fingerprint density at radius 1 is 1.17 bits per heavy atom. The Hall–Kier alpha value is -3.00. The molecule has 0 radical (unpaired) electrons. The molecule has 0 spiro atoms. The van der Waals surface area contributed by atoms with Crippen LogP contribution in [0.5, 0.6) is 0 Å². The molecule has 2 heterocycles. The van der Waals surface area contributed by atoms with Gasteiger partial charge in [0, 0.05) is 16.8 Å². The third-order valence-corrected chi connectivity index (χ3v) is 3.38. The second-order valence-electron chi connectivity index (χ2n) is 4.64. The van der Waals surface area contributed by atoms with Crippen LogP contribution in [0.3, 0.4) is 0 Å². The highest BCUT2D eigenvalue weighted by atomic mass is 35.5. The summed E-state index contributed by atoms with van der Waals surface area (Å²) in [6, 6.07) is 6.41. The number of rotatable bonds is 3. The van der Waals surface area contributed by atoms with E-state index in [0.717, 1.165) is 5.56 Å². The van der Waals surface area contributed by atoms with Crippen molar-refractivity contribution in [3.63, 3.8) is 0 Å². The van der Waals surface area contributed by atoms with Gasteiger partial charge in [0.2, 0.25) is 0 Å². The Morgan fingerprint density at radius 3 is 2.78 bits per heavy atom. The van der Waals surface area contributed by atoms with Gasteiger partial charge in [-0.05, 0) is 24.6 Å². The predicted molar refractivity (Wildman–Crippen MR) is 85.8 cm³/mol. The van der Waals surface area contributed by atoms with Crippen molar-refractivity contribution >= 4 is 29.1 Å². The average Bonchev–Trinajstić information content (AvgIpc) is 3.05. The number of benzene rings is 1. The lowest BCUT2D eigenvalue weighted by atomic mass is 10.2. The first kappa shape index (κ1) is 14.9. The highest BCUT2D eigenvalue weighted by molar-refractivity contribution is 6.31. The van der Waals surface area contributed by atoms with Crippen molar-refractivity contribution in [2.24, 2.45) is 0 Å². The van der Waals surface area contributed by atoms with Gasteiger partial charge >= 0.3 is 6.03 Å². The van der Waals surface area contributed by atoms with Crippen molar-refractivity contribution in [3.8, 4) is 5.82 Å². The number of nitrogens with one attached hydrogen (secondary N) is 2. The van der Waals surface area contributed by atoms with Gasteiger partial charge in [-0.25, -0.2) is 24.4 Å². The van der Waals surface area contributed by atoms with Gasteiger partial charge in [0.15, 0.2) is 5.82 Å². The molecule has 0 aliphatic heterocycles. The number of hydrogen-bond donors (Lipinski definition) is 2. The fourth-order valence-electron chi connectivity index (χ4n) is 1.82. The van der Waals surface area contributed by atoms with Crippen molar-refractivity contribution in [2.75, 3.05) is 10.6 Å². The van der Waals surface area contributed by atoms with Gasteiger partial charge in [-0.2, -0.15) is 5.10 Å². The standard InChI is InChI=1S/C14H12ClN7O/c1-9-2-3-10(4-11(9)15)20-14(23)21-12-5-13(18-7-17-12)22-8-16-6-19-22/h2-8H,1H3,(H2,17,18,20,21,23). The maximum Gasteiger partial charge on any atom is 0.324 e. The minimum atomic E-state index is -0.437. The quantitative estimate of drug-likeness (QED) is 0.769. The lowest BCUT2D eigenvalue weighted by Gasteiger charge is -2.08. The van der Waals surface area contributed by atoms with Gasteiger partial charge in [-0.1, -0.05) is 17.7 Å². The van der Waals surface area contributed by atoms with Crippen LogP contribution in [0, 0.1) is 6.92 Å². The van der Waals surface area contributed by atoms with E-state index in [1.165, 1.54) is 23.7 Å². The number of anilines is 2. The molecule has 8 nitrogen and oxygen atoms in total. The maximum absolute atomic E-state index is 12.0. The summed E-state index contributed by atoms with van der Waals surface area (Å²) in [6.07, 6.45) is 4.22. The molecule has 23 heavy (non-hydrogen) atoms. The second-order valence-corrected chi connectivity index (χ2v) is 5.05. The maximum atomic E-state index is 12.0. The third-order valence-electron chi connectivity index (χ3n) is 2.98. The van der Waals surface area contributed by atoms with Crippen molar-refractivity contribution in [1.82, 2.24) is 24.7 Å². The number of aromatic nitrogens is 5. The van der Waals surface area contributed by atoms with E-state index >= 15 is 0 Å². The average molecular weight is 330 g/mol. The highest BCUT2D eigenvalue weighted by Gasteiger charge is 2.07. The van der Waals surface area contributed by atoms with Crippen LogP contribution in [-0.2, 0) is 0 Å². The Bertz CT molecular complexity index is 835. The van der Waals surface area contributed by atoms with E-state index in [9.17, 15) is 4.79 Å². The van der Waals surface area contributed by atoms with E-state index in [1.807, 2.05) is 13.0 Å². The van der Waals surface area contributed by atoms with Crippen LogP contribution in [-0.4, -0.2) is 30.8 Å². The molecule has 0 aliphatic carbocycles. The van der Waals surface area contributed by atoms with E-state index in [1.54, 1.807) is 18.2 Å². The number of aryl methyl sites for hydroxylation is 1. The summed E-state index contributed by atoms with van der Waals surface area (Å²) in [6.45, 7) is 1.89. The van der Waals surface area contributed by atoms with Gasteiger partial charge in [0.1, 0.15) is 24.8 Å². The van der Waals surface area contributed by atoms with E-state index in [-0.39, 0.29) is 0 Å². The van der Waals surface area contributed by atoms with Crippen LogP contribution >= 0.6 is 11.6 Å². The SMILES string of the molecule is Cc1ccc(NC(=O)Nc2cc(-n3cncn3)ncn2)cc1Cl. The summed E-state index contributed by atoms with van der Waals surface area (Å²) in [5.74, 6) is 0.826. The molecule has 1 aromatic carbocycles. The monoisotopic (exact) mass is 329 g/mol. The van der Waals surface area contributed by atoms with E-state index in [2.05, 4.69) is 30.7 Å². The Labute approximate surface area is 136 Å². The van der Waals surface area contributed by atoms with Gasteiger partial charge in [0.05, 0.1) is 0 Å². The first-order chi connectivity index (χ1) is 11.1. The zero-order valence-corrected chi connectivity index (χ0v) is 12.8. The van der Waals surface area contributed by atoms with Crippen molar-refractivity contribution in [3.05, 3.63) is 53.8 Å². The molecule has 9 heteroatoms. The molecule has 3 rings (SSSR count). The minimum Gasteiger partial charge on any atom is -0.308 e. The molecule has 3 aromatic rings. The number of amides is 2. The molecule has 116 valence electrons. The molecular weight excluding hydrogens is 318 g/mol. The lowest BCUT2D eigenvalue weighted by Crippen LogP contribution is -2.20. The van der Waals surface area contributed by atoms with Crippen molar-refractivity contribution in [1.29, 1.82) is 0 Å². The number of halogens is 1. The van der Waals surface area contributed by atoms with E-state index < -0.39 is 6.03 Å². The molecular formula is C14H12ClN7O. The summed E-state index contributed by atoms with van der Waals surface area (Å²) < 4.78 is 1.46. The fraction of sp³-hybridized carbons (Fsp3) is 0.0714. The molecule has 0 aliphatic rings. The zero-order chi connectivity index (χ0) is 16.2. The Kier molecular flexibility index (Phi) is 4.15. The van der Waals surface area contributed by atoms with Crippen LogP contribution in [0.4, 0.5) is 16.3 Å². The highest BCUT2D eigenvalue weighted by Crippen LogP contribution is 2.20. The molecule has 2 amide bonds. The topological polar surface area (TPSA) is 97.6 Å². The predicted octanol–water partition coefficient (Wildman–Crippen LogP) is 2.66. The largest absolute Gasteiger partial charge is 0.324 e. The Morgan fingerprint density at radius 2 is 2.04 bits per heavy atom. The zero-order valence-electron chi connectivity index (χ0n) is 12.1. The number of carbonyl (C=O) groups excluding carboxylic acids is 1.